The van der Waals surface area contributed by atoms with Gasteiger partial charge < -0.3 is 15.4 Å². The fraction of sp³-hybridized carbons (Fsp3) is 0.250. The summed E-state index contributed by atoms with van der Waals surface area (Å²) in [4.78, 5) is 4.25. The number of benzene rings is 1. The summed E-state index contributed by atoms with van der Waals surface area (Å²) in [5.74, 6) is 0.290. The summed E-state index contributed by atoms with van der Waals surface area (Å²) >= 11 is 0. The lowest BCUT2D eigenvalue weighted by Crippen LogP contribution is -2.02. The van der Waals surface area contributed by atoms with Crippen molar-refractivity contribution in [3.63, 3.8) is 0 Å². The van der Waals surface area contributed by atoms with Crippen molar-refractivity contribution in [2.75, 3.05) is 6.54 Å². The average molecular weight is 217 g/mol. The van der Waals surface area contributed by atoms with Crippen molar-refractivity contribution >= 4 is 0 Å². The zero-order chi connectivity index (χ0) is 11.4. The molecule has 4 nitrogen and oxygen atoms in total. The second-order valence-electron chi connectivity index (χ2n) is 3.74. The van der Waals surface area contributed by atoms with E-state index in [-0.39, 0.29) is 0 Å². The normalized spacial score (nSPS) is 10.6. The fourth-order valence-corrected chi connectivity index (χ4v) is 1.58. The molecular weight excluding hydrogens is 202 g/mol. The van der Waals surface area contributed by atoms with Crippen LogP contribution in [-0.4, -0.2) is 21.2 Å². The van der Waals surface area contributed by atoms with Gasteiger partial charge in [-0.3, -0.25) is 0 Å². The summed E-state index contributed by atoms with van der Waals surface area (Å²) in [7, 11) is 0. The van der Waals surface area contributed by atoms with Gasteiger partial charge in [-0.05, 0) is 24.2 Å². The molecule has 16 heavy (non-hydrogen) atoms. The molecule has 0 unspecified atom stereocenters. The largest absolute Gasteiger partial charge is 0.508 e. The minimum atomic E-state index is 0.290. The van der Waals surface area contributed by atoms with Crippen LogP contribution >= 0.6 is 0 Å². The van der Waals surface area contributed by atoms with E-state index >= 15 is 0 Å². The predicted molar refractivity (Wildman–Crippen MR) is 62.2 cm³/mol. The van der Waals surface area contributed by atoms with Crippen LogP contribution in [-0.2, 0) is 13.0 Å². The highest BCUT2D eigenvalue weighted by molar-refractivity contribution is 5.26. The lowest BCUT2D eigenvalue weighted by atomic mass is 10.2. The van der Waals surface area contributed by atoms with Crippen LogP contribution in [0, 0.1) is 0 Å². The minimum absolute atomic E-state index is 0.290. The lowest BCUT2D eigenvalue weighted by molar-refractivity contribution is 0.475. The summed E-state index contributed by atoms with van der Waals surface area (Å²) in [6.07, 6.45) is 4.61. The van der Waals surface area contributed by atoms with Crippen molar-refractivity contribution < 1.29 is 5.11 Å². The summed E-state index contributed by atoms with van der Waals surface area (Å²) in [6.45, 7) is 1.38. The van der Waals surface area contributed by atoms with Crippen LogP contribution in [0.1, 0.15) is 11.3 Å². The summed E-state index contributed by atoms with van der Waals surface area (Å²) in [5, 5.41) is 9.16. The molecule has 1 aromatic carbocycles. The number of hydrogen-bond acceptors (Lipinski definition) is 3. The van der Waals surface area contributed by atoms with Gasteiger partial charge in [0.2, 0.25) is 0 Å². The molecule has 0 bridgehead atoms. The quantitative estimate of drug-likeness (QED) is 0.807. The van der Waals surface area contributed by atoms with E-state index in [1.165, 1.54) is 0 Å². The molecule has 0 amide bonds. The van der Waals surface area contributed by atoms with Gasteiger partial charge in [0.05, 0.1) is 12.0 Å². The van der Waals surface area contributed by atoms with Crippen molar-refractivity contribution in [1.82, 2.24) is 9.55 Å². The van der Waals surface area contributed by atoms with Gasteiger partial charge in [0.25, 0.3) is 0 Å². The van der Waals surface area contributed by atoms with Gasteiger partial charge in [-0.15, -0.1) is 0 Å². The monoisotopic (exact) mass is 217 g/mol. The molecule has 0 fully saturated rings. The van der Waals surface area contributed by atoms with Crippen molar-refractivity contribution in [2.45, 2.75) is 13.0 Å². The molecule has 1 aromatic heterocycles. The van der Waals surface area contributed by atoms with Crippen LogP contribution in [0.4, 0.5) is 0 Å². The van der Waals surface area contributed by atoms with Gasteiger partial charge in [0.15, 0.2) is 0 Å². The maximum absolute atomic E-state index is 9.16. The lowest BCUT2D eigenvalue weighted by Gasteiger charge is -2.02. The van der Waals surface area contributed by atoms with E-state index < -0.39 is 0 Å². The van der Waals surface area contributed by atoms with Crippen LogP contribution in [0.2, 0.25) is 0 Å². The molecular formula is C12H15N3O. The Morgan fingerprint density at radius 3 is 2.69 bits per heavy atom. The molecule has 2 rings (SSSR count). The molecule has 2 aromatic rings. The number of aromatic nitrogens is 2. The molecule has 0 aliphatic rings. The second kappa shape index (κ2) is 4.81. The van der Waals surface area contributed by atoms with Crippen molar-refractivity contribution in [3.8, 4) is 5.75 Å². The molecule has 0 aliphatic heterocycles. The average Bonchev–Trinajstić information content (AvgIpc) is 2.70. The van der Waals surface area contributed by atoms with E-state index in [0.29, 0.717) is 12.3 Å². The highest BCUT2D eigenvalue weighted by Gasteiger charge is 1.99. The molecule has 0 atom stereocenters. The zero-order valence-electron chi connectivity index (χ0n) is 9.00. The maximum atomic E-state index is 9.16. The molecule has 0 spiro atoms. The number of phenols is 1. The first-order valence-corrected chi connectivity index (χ1v) is 5.26. The topological polar surface area (TPSA) is 64.1 Å². The van der Waals surface area contributed by atoms with E-state index in [9.17, 15) is 0 Å². The second-order valence-corrected chi connectivity index (χ2v) is 3.74. The van der Waals surface area contributed by atoms with Crippen LogP contribution < -0.4 is 5.73 Å². The first-order valence-electron chi connectivity index (χ1n) is 5.26. The molecule has 0 saturated heterocycles. The molecule has 4 heteroatoms. The Morgan fingerprint density at radius 1 is 1.25 bits per heavy atom. The standard InChI is InChI=1S/C12H15N3O/c13-6-5-11-8-15(9-14-11)7-10-1-3-12(16)4-2-10/h1-4,8-9,16H,5-7,13H2. The third-order valence-electron chi connectivity index (χ3n) is 2.39. The number of aromatic hydroxyl groups is 1. The first kappa shape index (κ1) is 10.7. The Kier molecular flexibility index (Phi) is 3.22. The Hall–Kier alpha value is -1.81. The van der Waals surface area contributed by atoms with Gasteiger partial charge in [0, 0.05) is 19.2 Å². The van der Waals surface area contributed by atoms with E-state index in [0.717, 1.165) is 24.2 Å². The van der Waals surface area contributed by atoms with Gasteiger partial charge in [-0.25, -0.2) is 4.98 Å². The van der Waals surface area contributed by atoms with Crippen LogP contribution in [0.15, 0.2) is 36.8 Å². The molecule has 3 N–H and O–H groups in total. The number of imidazole rings is 1. The fourth-order valence-electron chi connectivity index (χ4n) is 1.58. The van der Waals surface area contributed by atoms with Gasteiger partial charge >= 0.3 is 0 Å². The number of nitrogens with zero attached hydrogens (tertiary/aromatic N) is 2. The van der Waals surface area contributed by atoms with E-state index in [4.69, 9.17) is 10.8 Å². The molecule has 0 saturated carbocycles. The smallest absolute Gasteiger partial charge is 0.115 e. The summed E-state index contributed by atoms with van der Waals surface area (Å²) in [6, 6.07) is 7.18. The molecule has 0 radical (unpaired) electrons. The SMILES string of the molecule is NCCc1cn(Cc2ccc(O)cc2)cn1. The third kappa shape index (κ3) is 2.61. The highest BCUT2D eigenvalue weighted by atomic mass is 16.3. The number of hydrogen-bond donors (Lipinski definition) is 2. The number of rotatable bonds is 4. The predicted octanol–water partition coefficient (Wildman–Crippen LogP) is 1.14. The number of nitrogens with two attached hydrogens (primary N) is 1. The molecule has 84 valence electrons. The Bertz CT molecular complexity index is 448. The van der Waals surface area contributed by atoms with Gasteiger partial charge in [0.1, 0.15) is 5.75 Å². The maximum Gasteiger partial charge on any atom is 0.115 e. The minimum Gasteiger partial charge on any atom is -0.508 e. The van der Waals surface area contributed by atoms with Gasteiger partial charge in [-0.1, -0.05) is 12.1 Å². The zero-order valence-corrected chi connectivity index (χ0v) is 9.00. The van der Waals surface area contributed by atoms with E-state index in [1.54, 1.807) is 18.5 Å². The highest BCUT2D eigenvalue weighted by Crippen LogP contribution is 2.11. The third-order valence-corrected chi connectivity index (χ3v) is 2.39. The van der Waals surface area contributed by atoms with Crippen LogP contribution in [0.25, 0.3) is 0 Å². The molecule has 1 heterocycles. The van der Waals surface area contributed by atoms with E-state index in [1.807, 2.05) is 22.9 Å². The van der Waals surface area contributed by atoms with Crippen molar-refractivity contribution in [1.29, 1.82) is 0 Å². The molecule has 0 aliphatic carbocycles. The Balaban J connectivity index is 2.05. The number of phenolic OH excluding ortho intramolecular Hbond substituents is 1. The summed E-state index contributed by atoms with van der Waals surface area (Å²) < 4.78 is 2.01. The Morgan fingerprint density at radius 2 is 2.00 bits per heavy atom. The van der Waals surface area contributed by atoms with Crippen molar-refractivity contribution in [2.24, 2.45) is 5.73 Å². The van der Waals surface area contributed by atoms with Crippen LogP contribution in [0.5, 0.6) is 5.75 Å². The first-order chi connectivity index (χ1) is 7.78. The van der Waals surface area contributed by atoms with Gasteiger partial charge in [-0.2, -0.15) is 0 Å². The Labute approximate surface area is 94.4 Å². The van der Waals surface area contributed by atoms with E-state index in [2.05, 4.69) is 4.98 Å². The summed E-state index contributed by atoms with van der Waals surface area (Å²) in [5.41, 5.74) is 7.61. The van der Waals surface area contributed by atoms with Crippen LogP contribution in [0.3, 0.4) is 0 Å². The van der Waals surface area contributed by atoms with Crippen molar-refractivity contribution in [3.05, 3.63) is 48.0 Å².